The van der Waals surface area contributed by atoms with E-state index in [0.717, 1.165) is 75.7 Å². The summed E-state index contributed by atoms with van der Waals surface area (Å²) in [7, 11) is 2.03. The number of amides is 2. The van der Waals surface area contributed by atoms with Crippen molar-refractivity contribution in [2.45, 2.75) is 38.0 Å². The first-order valence-corrected chi connectivity index (χ1v) is 15.3. The van der Waals surface area contributed by atoms with Crippen molar-refractivity contribution in [2.24, 2.45) is 0 Å². The number of alkyl halides is 3. The fourth-order valence-electron chi connectivity index (χ4n) is 5.37. The maximum atomic E-state index is 14.6. The summed E-state index contributed by atoms with van der Waals surface area (Å²) in [4.78, 5) is 31.2. The quantitative estimate of drug-likeness (QED) is 0.256. The summed E-state index contributed by atoms with van der Waals surface area (Å²) in [5.41, 5.74) is -0.0773. The van der Waals surface area contributed by atoms with Gasteiger partial charge in [-0.25, -0.2) is 4.39 Å². The molecule has 44 heavy (non-hydrogen) atoms. The second-order valence-corrected chi connectivity index (χ2v) is 12.2. The Morgan fingerprint density at radius 3 is 2.34 bits per heavy atom. The standard InChI is InChI=1S/C31H30BrClF4N4O3/c1-39-14-10-22(11-15-39)44-28-18-21(40-12-2-3-13-40)6-7-23(28)29(42)38-25-8-5-20(34)17-27(25)41(30(43)31(35,36)37)26-9-4-19(32)16-24(26)33/h4-9,16-18,22H,2-3,10-15H2,1H3,(H,38,42). The van der Waals surface area contributed by atoms with E-state index in [2.05, 4.69) is 31.0 Å². The van der Waals surface area contributed by atoms with Gasteiger partial charge in [-0.15, -0.1) is 0 Å². The molecule has 2 fully saturated rings. The van der Waals surface area contributed by atoms with Crippen molar-refractivity contribution >= 4 is 62.1 Å². The number of halogens is 6. The van der Waals surface area contributed by atoms with Crippen LogP contribution in [0.3, 0.4) is 0 Å². The molecular formula is C31H30BrClF4N4O3. The first-order valence-electron chi connectivity index (χ1n) is 14.1. The number of rotatable bonds is 7. The van der Waals surface area contributed by atoms with Crippen LogP contribution in [0, 0.1) is 5.82 Å². The lowest BCUT2D eigenvalue weighted by molar-refractivity contribution is -0.169. The Kier molecular flexibility index (Phi) is 9.71. The third-order valence-corrected chi connectivity index (χ3v) is 8.48. The third kappa shape index (κ3) is 7.30. The van der Waals surface area contributed by atoms with Crippen LogP contribution in [0.2, 0.25) is 5.02 Å². The van der Waals surface area contributed by atoms with Crippen molar-refractivity contribution in [3.8, 4) is 5.75 Å². The molecule has 2 saturated heterocycles. The van der Waals surface area contributed by atoms with Gasteiger partial charge in [0.1, 0.15) is 17.7 Å². The molecule has 5 rings (SSSR count). The maximum Gasteiger partial charge on any atom is 0.472 e. The summed E-state index contributed by atoms with van der Waals surface area (Å²) in [6.45, 7) is 3.41. The molecule has 0 aromatic heterocycles. The first-order chi connectivity index (χ1) is 20.9. The average Bonchev–Trinajstić information content (AvgIpc) is 3.51. The zero-order valence-electron chi connectivity index (χ0n) is 23.8. The summed E-state index contributed by atoms with van der Waals surface area (Å²) in [6, 6.07) is 11.9. The van der Waals surface area contributed by atoms with Crippen LogP contribution in [0.4, 0.5) is 40.3 Å². The van der Waals surface area contributed by atoms with Gasteiger partial charge in [-0.1, -0.05) is 27.5 Å². The number of anilines is 4. The largest absolute Gasteiger partial charge is 0.489 e. The number of carbonyl (C=O) groups is 2. The van der Waals surface area contributed by atoms with E-state index in [9.17, 15) is 27.2 Å². The van der Waals surface area contributed by atoms with E-state index in [1.807, 2.05) is 13.1 Å². The second-order valence-electron chi connectivity index (χ2n) is 10.8. The third-order valence-electron chi connectivity index (χ3n) is 7.69. The Morgan fingerprint density at radius 2 is 1.68 bits per heavy atom. The fourth-order valence-corrected chi connectivity index (χ4v) is 6.13. The molecule has 0 radical (unpaired) electrons. The number of nitrogens with one attached hydrogen (secondary N) is 1. The zero-order valence-corrected chi connectivity index (χ0v) is 26.1. The van der Waals surface area contributed by atoms with Crippen molar-refractivity contribution in [1.82, 2.24) is 4.90 Å². The number of carbonyl (C=O) groups excluding carboxylic acids is 2. The van der Waals surface area contributed by atoms with E-state index in [1.54, 1.807) is 12.1 Å². The highest BCUT2D eigenvalue weighted by Gasteiger charge is 2.45. The number of nitrogens with zero attached hydrogens (tertiary/aromatic N) is 3. The van der Waals surface area contributed by atoms with Crippen molar-refractivity contribution in [3.63, 3.8) is 0 Å². The number of hydrogen-bond acceptors (Lipinski definition) is 5. The van der Waals surface area contributed by atoms with E-state index < -0.39 is 29.5 Å². The lowest BCUT2D eigenvalue weighted by Crippen LogP contribution is -2.38. The van der Waals surface area contributed by atoms with Gasteiger partial charge in [0.2, 0.25) is 0 Å². The Bertz CT molecular complexity index is 1540. The lowest BCUT2D eigenvalue weighted by atomic mass is 10.1. The van der Waals surface area contributed by atoms with Crippen LogP contribution in [-0.4, -0.2) is 62.2 Å². The van der Waals surface area contributed by atoms with Crippen molar-refractivity contribution in [3.05, 3.63) is 75.5 Å². The van der Waals surface area contributed by atoms with E-state index in [0.29, 0.717) is 10.2 Å². The Balaban J connectivity index is 1.53. The van der Waals surface area contributed by atoms with E-state index in [-0.39, 0.29) is 33.0 Å². The van der Waals surface area contributed by atoms with Crippen LogP contribution in [0.5, 0.6) is 5.75 Å². The first kappa shape index (κ1) is 32.1. The lowest BCUT2D eigenvalue weighted by Gasteiger charge is -2.30. The van der Waals surface area contributed by atoms with Crippen molar-refractivity contribution in [2.75, 3.05) is 48.3 Å². The zero-order chi connectivity index (χ0) is 31.6. The van der Waals surface area contributed by atoms with Crippen molar-refractivity contribution in [1.29, 1.82) is 0 Å². The predicted molar refractivity (Wildman–Crippen MR) is 166 cm³/mol. The molecule has 1 N–H and O–H groups in total. The molecule has 0 spiro atoms. The Morgan fingerprint density at radius 1 is 0.977 bits per heavy atom. The molecule has 0 saturated carbocycles. The molecule has 0 unspecified atom stereocenters. The predicted octanol–water partition coefficient (Wildman–Crippen LogP) is 7.79. The van der Waals surface area contributed by atoms with Crippen LogP contribution < -0.4 is 19.9 Å². The van der Waals surface area contributed by atoms with E-state index in [4.69, 9.17) is 16.3 Å². The molecule has 0 aliphatic carbocycles. The fraction of sp³-hybridized carbons (Fsp3) is 0.355. The molecule has 0 atom stereocenters. The molecule has 2 aliphatic rings. The normalized spacial score (nSPS) is 16.2. The summed E-state index contributed by atoms with van der Waals surface area (Å²) in [5.74, 6) is -3.60. The van der Waals surface area contributed by atoms with Crippen LogP contribution in [0.15, 0.2) is 59.1 Å². The summed E-state index contributed by atoms with van der Waals surface area (Å²) in [6.07, 6.45) is -1.85. The summed E-state index contributed by atoms with van der Waals surface area (Å²) >= 11 is 9.45. The molecule has 13 heteroatoms. The van der Waals surface area contributed by atoms with Gasteiger partial charge < -0.3 is 19.9 Å². The SMILES string of the molecule is CN1CCC(Oc2cc(N3CCCC3)ccc2C(=O)Nc2ccc(F)cc2N(C(=O)C(F)(F)F)c2ccc(Br)cc2Cl)CC1. The smallest absolute Gasteiger partial charge is 0.472 e. The molecule has 2 heterocycles. The van der Waals surface area contributed by atoms with Gasteiger partial charge in [-0.05, 0) is 75.2 Å². The minimum atomic E-state index is -5.34. The highest BCUT2D eigenvalue weighted by atomic mass is 79.9. The summed E-state index contributed by atoms with van der Waals surface area (Å²) < 4.78 is 62.9. The molecule has 7 nitrogen and oxygen atoms in total. The molecule has 234 valence electrons. The number of ether oxygens (including phenoxy) is 1. The minimum Gasteiger partial charge on any atom is -0.489 e. The van der Waals surface area contributed by atoms with Crippen LogP contribution in [0.25, 0.3) is 0 Å². The monoisotopic (exact) mass is 696 g/mol. The second kappa shape index (κ2) is 13.3. The van der Waals surface area contributed by atoms with Crippen molar-refractivity contribution < 1.29 is 31.9 Å². The molecule has 2 aliphatic heterocycles. The minimum absolute atomic E-state index is 0.132. The van der Waals surface area contributed by atoms with E-state index in [1.165, 1.54) is 18.2 Å². The van der Waals surface area contributed by atoms with Gasteiger partial charge in [-0.3, -0.25) is 14.5 Å². The maximum absolute atomic E-state index is 14.6. The van der Waals surface area contributed by atoms with Crippen LogP contribution in [0.1, 0.15) is 36.0 Å². The van der Waals surface area contributed by atoms with Gasteiger partial charge in [0.05, 0.1) is 27.6 Å². The topological polar surface area (TPSA) is 65.1 Å². The molecule has 3 aromatic rings. The average molecular weight is 698 g/mol. The number of benzene rings is 3. The van der Waals surface area contributed by atoms with Crippen LogP contribution in [-0.2, 0) is 4.79 Å². The highest BCUT2D eigenvalue weighted by Crippen LogP contribution is 2.41. The van der Waals surface area contributed by atoms with Gasteiger partial charge in [-0.2, -0.15) is 13.2 Å². The van der Waals surface area contributed by atoms with E-state index >= 15 is 0 Å². The number of piperidine rings is 1. The molecule has 2 amide bonds. The van der Waals surface area contributed by atoms with Gasteiger partial charge in [0.25, 0.3) is 5.91 Å². The van der Waals surface area contributed by atoms with Gasteiger partial charge in [0.15, 0.2) is 0 Å². The molecule has 3 aromatic carbocycles. The number of hydrogen-bond donors (Lipinski definition) is 1. The summed E-state index contributed by atoms with van der Waals surface area (Å²) in [5, 5.41) is 2.39. The highest BCUT2D eigenvalue weighted by molar-refractivity contribution is 9.10. The molecular weight excluding hydrogens is 668 g/mol. The molecule has 0 bridgehead atoms. The Hall–Kier alpha value is -3.35. The van der Waals surface area contributed by atoms with Gasteiger partial charge >= 0.3 is 12.1 Å². The Labute approximate surface area is 265 Å². The number of likely N-dealkylation sites (tertiary alicyclic amines) is 1. The van der Waals surface area contributed by atoms with Crippen LogP contribution >= 0.6 is 27.5 Å². The van der Waals surface area contributed by atoms with Gasteiger partial charge in [0, 0.05) is 48.5 Å².